The number of fused-ring (bicyclic) bond motifs is 1. The van der Waals surface area contributed by atoms with E-state index in [1.54, 1.807) is 0 Å². The number of pyridine rings is 1. The molecular weight excluding hydrogens is 282 g/mol. The molecule has 2 aromatic heterocycles. The first-order chi connectivity index (χ1) is 11.2. The summed E-state index contributed by atoms with van der Waals surface area (Å²) in [5, 5.41) is 4.87. The monoisotopic (exact) mass is 305 g/mol. The van der Waals surface area contributed by atoms with Crippen molar-refractivity contribution in [1.29, 1.82) is 0 Å². The number of aromatic amines is 1. The molecule has 0 saturated heterocycles. The number of hydrogen-bond acceptors (Lipinski definition) is 2. The fraction of sp³-hybridized carbons (Fsp3) is 0.350. The van der Waals surface area contributed by atoms with Gasteiger partial charge in [-0.1, -0.05) is 30.3 Å². The van der Waals surface area contributed by atoms with Gasteiger partial charge < -0.3 is 10.3 Å². The predicted molar refractivity (Wildman–Crippen MR) is 95.8 cm³/mol. The molecule has 2 heterocycles. The van der Waals surface area contributed by atoms with Gasteiger partial charge in [-0.2, -0.15) is 0 Å². The maximum absolute atomic E-state index is 4.71. The molecule has 2 N–H and O–H groups in total. The smallest absolute Gasteiger partial charge is 0.150 e. The van der Waals surface area contributed by atoms with E-state index in [2.05, 4.69) is 54.6 Å². The third-order valence-electron chi connectivity index (χ3n) is 4.92. The van der Waals surface area contributed by atoms with Crippen molar-refractivity contribution in [3.8, 4) is 0 Å². The first-order valence-corrected chi connectivity index (χ1v) is 8.47. The summed E-state index contributed by atoms with van der Waals surface area (Å²) >= 11 is 0. The van der Waals surface area contributed by atoms with Gasteiger partial charge in [-0.25, -0.2) is 4.98 Å². The number of aryl methyl sites for hydroxylation is 2. The summed E-state index contributed by atoms with van der Waals surface area (Å²) < 4.78 is 0. The summed E-state index contributed by atoms with van der Waals surface area (Å²) in [6.07, 6.45) is 5.99. The van der Waals surface area contributed by atoms with Crippen molar-refractivity contribution in [2.45, 2.75) is 39.7 Å². The lowest BCUT2D eigenvalue weighted by molar-refractivity contribution is 0.834. The number of H-pyrrole nitrogens is 1. The topological polar surface area (TPSA) is 40.7 Å². The summed E-state index contributed by atoms with van der Waals surface area (Å²) in [4.78, 5) is 8.26. The van der Waals surface area contributed by atoms with Crippen molar-refractivity contribution in [2.75, 3.05) is 5.32 Å². The standard InChI is InChI=1S/C20H23N3/c1-13-14(2)23-19-18(13)17(10-15-8-9-15)12-22-20(19)21-11-16-6-4-3-5-7-16/h3-7,12,15,23H,8-11H2,1-2H3,(H,21,22). The van der Waals surface area contributed by atoms with Crippen LogP contribution in [0.5, 0.6) is 0 Å². The van der Waals surface area contributed by atoms with E-state index >= 15 is 0 Å². The Labute approximate surface area is 137 Å². The number of aromatic nitrogens is 2. The highest BCUT2D eigenvalue weighted by Gasteiger charge is 2.24. The molecule has 0 spiro atoms. The van der Waals surface area contributed by atoms with E-state index in [-0.39, 0.29) is 0 Å². The second-order valence-electron chi connectivity index (χ2n) is 6.74. The largest absolute Gasteiger partial charge is 0.364 e. The zero-order valence-electron chi connectivity index (χ0n) is 13.8. The molecule has 0 bridgehead atoms. The molecule has 118 valence electrons. The predicted octanol–water partition coefficient (Wildman–Crippen LogP) is 4.74. The molecule has 3 heteroatoms. The SMILES string of the molecule is Cc1[nH]c2c(NCc3ccccc3)ncc(CC3CC3)c2c1C. The summed E-state index contributed by atoms with van der Waals surface area (Å²) in [6.45, 7) is 5.16. The fourth-order valence-electron chi connectivity index (χ4n) is 3.27. The average Bonchev–Trinajstić information content (AvgIpc) is 3.33. The Bertz CT molecular complexity index is 829. The quantitative estimate of drug-likeness (QED) is 0.714. The van der Waals surface area contributed by atoms with E-state index in [1.165, 1.54) is 47.0 Å². The van der Waals surface area contributed by atoms with Crippen LogP contribution in [0.3, 0.4) is 0 Å². The molecule has 23 heavy (non-hydrogen) atoms. The summed E-state index contributed by atoms with van der Waals surface area (Å²) in [5.74, 6) is 1.83. The van der Waals surface area contributed by atoms with Crippen molar-refractivity contribution >= 4 is 16.7 Å². The number of nitrogens with zero attached hydrogens (tertiary/aromatic N) is 1. The molecule has 1 saturated carbocycles. The summed E-state index contributed by atoms with van der Waals surface area (Å²) in [6, 6.07) is 10.5. The van der Waals surface area contributed by atoms with Crippen LogP contribution in [0.15, 0.2) is 36.5 Å². The van der Waals surface area contributed by atoms with Gasteiger partial charge in [0, 0.05) is 23.8 Å². The number of anilines is 1. The van der Waals surface area contributed by atoms with Gasteiger partial charge in [-0.05, 0) is 55.7 Å². The number of nitrogens with one attached hydrogen (secondary N) is 2. The van der Waals surface area contributed by atoms with E-state index in [0.29, 0.717) is 0 Å². The van der Waals surface area contributed by atoms with Crippen LogP contribution in [0.25, 0.3) is 10.9 Å². The van der Waals surface area contributed by atoms with Crippen LogP contribution in [0, 0.1) is 19.8 Å². The highest BCUT2D eigenvalue weighted by Crippen LogP contribution is 2.37. The highest BCUT2D eigenvalue weighted by molar-refractivity contribution is 5.94. The highest BCUT2D eigenvalue weighted by atomic mass is 15.0. The molecule has 4 rings (SSSR count). The van der Waals surface area contributed by atoms with Crippen molar-refractivity contribution in [3.63, 3.8) is 0 Å². The van der Waals surface area contributed by atoms with Crippen LogP contribution < -0.4 is 5.32 Å². The second kappa shape index (κ2) is 5.73. The van der Waals surface area contributed by atoms with Crippen LogP contribution in [0.1, 0.15) is 35.2 Å². The Morgan fingerprint density at radius 3 is 2.70 bits per heavy atom. The van der Waals surface area contributed by atoms with Gasteiger partial charge in [0.15, 0.2) is 5.82 Å². The lowest BCUT2D eigenvalue weighted by atomic mass is 10.0. The normalized spacial score (nSPS) is 14.3. The molecular formula is C20H23N3. The lowest BCUT2D eigenvalue weighted by Crippen LogP contribution is -2.03. The van der Waals surface area contributed by atoms with Gasteiger partial charge in [-0.3, -0.25) is 0 Å². The molecule has 0 unspecified atom stereocenters. The molecule has 3 aromatic rings. The maximum atomic E-state index is 4.71. The Hall–Kier alpha value is -2.29. The van der Waals surface area contributed by atoms with Crippen LogP contribution in [0.4, 0.5) is 5.82 Å². The first kappa shape index (κ1) is 14.3. The van der Waals surface area contributed by atoms with Gasteiger partial charge in [-0.15, -0.1) is 0 Å². The summed E-state index contributed by atoms with van der Waals surface area (Å²) in [7, 11) is 0. The van der Waals surface area contributed by atoms with Gasteiger partial charge in [0.2, 0.25) is 0 Å². The minimum Gasteiger partial charge on any atom is -0.364 e. The lowest BCUT2D eigenvalue weighted by Gasteiger charge is -2.10. The molecule has 0 amide bonds. The molecule has 0 aliphatic heterocycles. The number of benzene rings is 1. The zero-order valence-corrected chi connectivity index (χ0v) is 13.8. The average molecular weight is 305 g/mol. The molecule has 1 fully saturated rings. The third kappa shape index (κ3) is 2.83. The Kier molecular flexibility index (Phi) is 3.56. The number of rotatable bonds is 5. The van der Waals surface area contributed by atoms with Crippen LogP contribution in [-0.2, 0) is 13.0 Å². The minimum atomic E-state index is 0.794. The Balaban J connectivity index is 1.68. The van der Waals surface area contributed by atoms with Gasteiger partial charge in [0.25, 0.3) is 0 Å². The molecule has 0 radical (unpaired) electrons. The van der Waals surface area contributed by atoms with Gasteiger partial charge in [0.1, 0.15) is 0 Å². The molecule has 1 aliphatic carbocycles. The summed E-state index contributed by atoms with van der Waals surface area (Å²) in [5.41, 5.74) is 6.43. The second-order valence-corrected chi connectivity index (χ2v) is 6.74. The Morgan fingerprint density at radius 1 is 1.17 bits per heavy atom. The van der Waals surface area contributed by atoms with E-state index in [9.17, 15) is 0 Å². The zero-order chi connectivity index (χ0) is 15.8. The van der Waals surface area contributed by atoms with Gasteiger partial charge in [0.05, 0.1) is 5.52 Å². The molecule has 3 nitrogen and oxygen atoms in total. The Morgan fingerprint density at radius 2 is 1.96 bits per heavy atom. The third-order valence-corrected chi connectivity index (χ3v) is 4.92. The molecule has 1 aliphatic rings. The van der Waals surface area contributed by atoms with Crippen molar-refractivity contribution < 1.29 is 0 Å². The van der Waals surface area contributed by atoms with Gasteiger partial charge >= 0.3 is 0 Å². The van der Waals surface area contributed by atoms with E-state index in [0.717, 1.165) is 23.8 Å². The molecule has 0 atom stereocenters. The minimum absolute atomic E-state index is 0.794. The van der Waals surface area contributed by atoms with Crippen LogP contribution in [-0.4, -0.2) is 9.97 Å². The molecule has 1 aromatic carbocycles. The number of hydrogen-bond donors (Lipinski definition) is 2. The fourth-order valence-corrected chi connectivity index (χ4v) is 3.27. The first-order valence-electron chi connectivity index (χ1n) is 8.47. The van der Waals surface area contributed by atoms with Crippen molar-refractivity contribution in [2.24, 2.45) is 5.92 Å². The van der Waals surface area contributed by atoms with Crippen molar-refractivity contribution in [1.82, 2.24) is 9.97 Å². The van der Waals surface area contributed by atoms with Crippen LogP contribution in [0.2, 0.25) is 0 Å². The van der Waals surface area contributed by atoms with E-state index < -0.39 is 0 Å². The van der Waals surface area contributed by atoms with Crippen molar-refractivity contribution in [3.05, 3.63) is 58.9 Å². The van der Waals surface area contributed by atoms with E-state index in [1.807, 2.05) is 6.07 Å². The maximum Gasteiger partial charge on any atom is 0.150 e. The van der Waals surface area contributed by atoms with Crippen LogP contribution >= 0.6 is 0 Å². The van der Waals surface area contributed by atoms with E-state index in [4.69, 9.17) is 4.98 Å².